The van der Waals surface area contributed by atoms with Crippen molar-refractivity contribution >= 4 is 11.6 Å². The normalized spacial score (nSPS) is 21.5. The van der Waals surface area contributed by atoms with E-state index in [0.29, 0.717) is 18.3 Å². The van der Waals surface area contributed by atoms with Crippen molar-refractivity contribution in [2.45, 2.75) is 31.4 Å². The fourth-order valence-electron chi connectivity index (χ4n) is 3.12. The lowest BCUT2D eigenvalue weighted by Gasteiger charge is -2.36. The summed E-state index contributed by atoms with van der Waals surface area (Å²) in [4.78, 5) is 0. The predicted octanol–water partition coefficient (Wildman–Crippen LogP) is 6.10. The van der Waals surface area contributed by atoms with E-state index in [1.54, 1.807) is 6.07 Å². The van der Waals surface area contributed by atoms with Crippen LogP contribution in [0.2, 0.25) is 5.02 Å². The van der Waals surface area contributed by atoms with E-state index >= 15 is 0 Å². The van der Waals surface area contributed by atoms with E-state index < -0.39 is 11.7 Å². The predicted molar refractivity (Wildman–Crippen MR) is 82.1 cm³/mol. The first-order valence-electron chi connectivity index (χ1n) is 7.33. The number of hydrogen-bond acceptors (Lipinski definition) is 0. The van der Waals surface area contributed by atoms with Gasteiger partial charge in [-0.1, -0.05) is 41.9 Å². The van der Waals surface area contributed by atoms with Crippen LogP contribution in [0.4, 0.5) is 13.2 Å². The second-order valence-electron chi connectivity index (χ2n) is 5.99. The van der Waals surface area contributed by atoms with E-state index in [0.717, 1.165) is 29.5 Å². The summed E-state index contributed by atoms with van der Waals surface area (Å²) in [5.74, 6) is 0.970. The lowest BCUT2D eigenvalue weighted by Crippen LogP contribution is -2.23. The molecule has 116 valence electrons. The number of hydrogen-bond donors (Lipinski definition) is 0. The van der Waals surface area contributed by atoms with Crippen LogP contribution in [0, 0.1) is 5.92 Å². The van der Waals surface area contributed by atoms with Gasteiger partial charge in [-0.15, -0.1) is 0 Å². The maximum Gasteiger partial charge on any atom is 0.416 e. The van der Waals surface area contributed by atoms with Crippen molar-refractivity contribution < 1.29 is 13.2 Å². The summed E-state index contributed by atoms with van der Waals surface area (Å²) >= 11 is 5.87. The molecule has 0 saturated heterocycles. The Kier molecular flexibility index (Phi) is 4.18. The number of alkyl halides is 3. The average Bonchev–Trinajstić information content (AvgIpc) is 2.43. The molecule has 22 heavy (non-hydrogen) atoms. The summed E-state index contributed by atoms with van der Waals surface area (Å²) in [6, 6.07) is 13.5. The highest BCUT2D eigenvalue weighted by molar-refractivity contribution is 6.30. The Morgan fingerprint density at radius 2 is 1.68 bits per heavy atom. The molecule has 0 aromatic heterocycles. The van der Waals surface area contributed by atoms with Crippen LogP contribution in [0.3, 0.4) is 0 Å². The van der Waals surface area contributed by atoms with Crippen LogP contribution in [-0.4, -0.2) is 0 Å². The van der Waals surface area contributed by atoms with Gasteiger partial charge in [0.2, 0.25) is 0 Å². The van der Waals surface area contributed by atoms with E-state index in [9.17, 15) is 13.2 Å². The van der Waals surface area contributed by atoms with Crippen molar-refractivity contribution in [2.75, 3.05) is 0 Å². The minimum atomic E-state index is -4.26. The highest BCUT2D eigenvalue weighted by Gasteiger charge is 2.32. The molecule has 4 heteroatoms. The fraction of sp³-hybridized carbons (Fsp3) is 0.333. The second kappa shape index (κ2) is 5.96. The molecule has 2 aromatic carbocycles. The SMILES string of the molecule is FC(F)(F)c1cccc(CC2CC(c3ccc(Cl)cc3)C2)c1. The molecular formula is C18H16ClF3. The third kappa shape index (κ3) is 3.46. The van der Waals surface area contributed by atoms with Crippen molar-refractivity contribution in [3.05, 3.63) is 70.2 Å². The summed E-state index contributed by atoms with van der Waals surface area (Å²) in [7, 11) is 0. The van der Waals surface area contributed by atoms with Crippen LogP contribution in [0.1, 0.15) is 35.4 Å². The molecule has 2 aromatic rings. The molecule has 0 nitrogen and oxygen atoms in total. The van der Waals surface area contributed by atoms with E-state index in [1.165, 1.54) is 17.7 Å². The molecule has 3 rings (SSSR count). The van der Waals surface area contributed by atoms with Gasteiger partial charge in [0.1, 0.15) is 0 Å². The summed E-state index contributed by atoms with van der Waals surface area (Å²) in [5, 5.41) is 0.726. The standard InChI is InChI=1S/C18H16ClF3/c19-17-6-4-14(5-7-17)15-9-13(10-15)8-12-2-1-3-16(11-12)18(20,21)22/h1-7,11,13,15H,8-10H2. The van der Waals surface area contributed by atoms with Crippen LogP contribution < -0.4 is 0 Å². The molecule has 0 aliphatic heterocycles. The molecule has 0 spiro atoms. The van der Waals surface area contributed by atoms with Crippen molar-refractivity contribution in [3.63, 3.8) is 0 Å². The molecule has 0 bridgehead atoms. The lowest BCUT2D eigenvalue weighted by molar-refractivity contribution is -0.137. The molecular weight excluding hydrogens is 309 g/mol. The van der Waals surface area contributed by atoms with Gasteiger partial charge in [0.15, 0.2) is 0 Å². The van der Waals surface area contributed by atoms with Crippen LogP contribution in [0.25, 0.3) is 0 Å². The first-order chi connectivity index (χ1) is 10.4. The summed E-state index contributed by atoms with van der Waals surface area (Å²) in [6.07, 6.45) is -1.49. The highest BCUT2D eigenvalue weighted by Crippen LogP contribution is 2.43. The first-order valence-corrected chi connectivity index (χ1v) is 7.71. The van der Waals surface area contributed by atoms with Crippen LogP contribution >= 0.6 is 11.6 Å². The lowest BCUT2D eigenvalue weighted by atomic mass is 9.69. The minimum absolute atomic E-state index is 0.462. The first kappa shape index (κ1) is 15.4. The molecule has 1 aliphatic rings. The average molecular weight is 325 g/mol. The molecule has 0 radical (unpaired) electrons. The van der Waals surface area contributed by atoms with Gasteiger partial charge >= 0.3 is 6.18 Å². The van der Waals surface area contributed by atoms with Crippen molar-refractivity contribution in [2.24, 2.45) is 5.92 Å². The molecule has 1 aliphatic carbocycles. The van der Waals surface area contributed by atoms with E-state index in [-0.39, 0.29) is 0 Å². The van der Waals surface area contributed by atoms with Gasteiger partial charge in [0, 0.05) is 5.02 Å². The maximum absolute atomic E-state index is 12.7. The van der Waals surface area contributed by atoms with Crippen molar-refractivity contribution in [1.82, 2.24) is 0 Å². The highest BCUT2D eigenvalue weighted by atomic mass is 35.5. The largest absolute Gasteiger partial charge is 0.416 e. The van der Waals surface area contributed by atoms with Crippen molar-refractivity contribution in [3.8, 4) is 0 Å². The molecule has 0 unspecified atom stereocenters. The monoisotopic (exact) mass is 324 g/mol. The zero-order chi connectivity index (χ0) is 15.7. The Bertz CT molecular complexity index is 640. The molecule has 1 fully saturated rings. The van der Waals surface area contributed by atoms with E-state index in [2.05, 4.69) is 0 Å². The van der Waals surface area contributed by atoms with E-state index in [4.69, 9.17) is 11.6 Å². The molecule has 0 heterocycles. The Morgan fingerprint density at radius 3 is 2.32 bits per heavy atom. The summed E-state index contributed by atoms with van der Waals surface area (Å²) < 4.78 is 38.1. The van der Waals surface area contributed by atoms with Gasteiger partial charge in [-0.2, -0.15) is 13.2 Å². The molecule has 0 amide bonds. The zero-order valence-corrected chi connectivity index (χ0v) is 12.7. The van der Waals surface area contributed by atoms with Gasteiger partial charge in [0.05, 0.1) is 5.56 Å². The van der Waals surface area contributed by atoms with Gasteiger partial charge in [-0.3, -0.25) is 0 Å². The van der Waals surface area contributed by atoms with Crippen LogP contribution in [0.15, 0.2) is 48.5 Å². The van der Waals surface area contributed by atoms with Gasteiger partial charge < -0.3 is 0 Å². The zero-order valence-electron chi connectivity index (χ0n) is 11.9. The van der Waals surface area contributed by atoms with Crippen molar-refractivity contribution in [1.29, 1.82) is 0 Å². The smallest absolute Gasteiger partial charge is 0.166 e. The number of rotatable bonds is 3. The quantitative estimate of drug-likeness (QED) is 0.640. The molecule has 0 atom stereocenters. The van der Waals surface area contributed by atoms with Gasteiger partial charge in [-0.05, 0) is 60.4 Å². The third-order valence-electron chi connectivity index (χ3n) is 4.36. The summed E-state index contributed by atoms with van der Waals surface area (Å²) in [5.41, 5.74) is 1.48. The third-order valence-corrected chi connectivity index (χ3v) is 4.61. The second-order valence-corrected chi connectivity index (χ2v) is 6.42. The summed E-state index contributed by atoms with van der Waals surface area (Å²) in [6.45, 7) is 0. The van der Waals surface area contributed by atoms with Gasteiger partial charge in [0.25, 0.3) is 0 Å². The van der Waals surface area contributed by atoms with Crippen LogP contribution in [-0.2, 0) is 12.6 Å². The topological polar surface area (TPSA) is 0 Å². The Hall–Kier alpha value is -1.48. The van der Waals surface area contributed by atoms with E-state index in [1.807, 2.05) is 24.3 Å². The Morgan fingerprint density at radius 1 is 1.00 bits per heavy atom. The van der Waals surface area contributed by atoms with Gasteiger partial charge in [-0.25, -0.2) is 0 Å². The Balaban J connectivity index is 1.59. The van der Waals surface area contributed by atoms with Crippen LogP contribution in [0.5, 0.6) is 0 Å². The fourth-order valence-corrected chi connectivity index (χ4v) is 3.24. The number of benzene rings is 2. The molecule has 0 N–H and O–H groups in total. The maximum atomic E-state index is 12.7. The minimum Gasteiger partial charge on any atom is -0.166 e. The molecule has 1 saturated carbocycles. The number of halogens is 4. The Labute approximate surface area is 132 Å².